The van der Waals surface area contributed by atoms with E-state index in [4.69, 9.17) is 32.7 Å². The molecular weight excluding hydrogens is 383 g/mol. The summed E-state index contributed by atoms with van der Waals surface area (Å²) < 4.78 is 12.5. The molecule has 0 bridgehead atoms. The van der Waals surface area contributed by atoms with Crippen molar-refractivity contribution in [3.63, 3.8) is 0 Å². The Kier molecular flexibility index (Phi) is 5.13. The van der Waals surface area contributed by atoms with Crippen molar-refractivity contribution >= 4 is 39.1 Å². The first-order valence-corrected chi connectivity index (χ1v) is 7.34. The van der Waals surface area contributed by atoms with Gasteiger partial charge in [-0.1, -0.05) is 23.2 Å². The molecule has 2 rings (SSSR count). The maximum Gasteiger partial charge on any atom is 0.287 e. The van der Waals surface area contributed by atoms with Crippen molar-refractivity contribution in [3.8, 4) is 11.5 Å². The number of aromatic nitrogens is 2. The number of halogens is 3. The van der Waals surface area contributed by atoms with Crippen LogP contribution in [0.4, 0.5) is 0 Å². The highest BCUT2D eigenvalue weighted by atomic mass is 79.9. The van der Waals surface area contributed by atoms with Gasteiger partial charge in [-0.05, 0) is 28.1 Å². The predicted octanol–water partition coefficient (Wildman–Crippen LogP) is 3.38. The summed E-state index contributed by atoms with van der Waals surface area (Å²) >= 11 is 15.0. The minimum atomic E-state index is -0.465. The Labute approximate surface area is 139 Å². The van der Waals surface area contributed by atoms with E-state index in [-0.39, 0.29) is 16.6 Å². The first-order chi connectivity index (χ1) is 9.97. The molecule has 0 aliphatic rings. The first-order valence-electron chi connectivity index (χ1n) is 5.79. The lowest BCUT2D eigenvalue weighted by Crippen LogP contribution is -2.24. The largest absolute Gasteiger partial charge is 0.496 e. The molecule has 0 radical (unpaired) electrons. The van der Waals surface area contributed by atoms with E-state index in [1.54, 1.807) is 26.4 Å². The fraction of sp³-hybridized carbons (Fsp3) is 0.231. The summed E-state index contributed by atoms with van der Waals surface area (Å²) in [6, 6.07) is 3.52. The number of ether oxygens (including phenoxy) is 2. The first kappa shape index (κ1) is 16.1. The maximum absolute atomic E-state index is 12.0. The second-order valence-corrected chi connectivity index (χ2v) is 5.71. The van der Waals surface area contributed by atoms with E-state index in [0.29, 0.717) is 11.5 Å². The average molecular weight is 394 g/mol. The van der Waals surface area contributed by atoms with Crippen LogP contribution in [0.5, 0.6) is 11.5 Å². The molecule has 0 spiro atoms. The van der Waals surface area contributed by atoms with Gasteiger partial charge in [0, 0.05) is 5.56 Å². The quantitative estimate of drug-likeness (QED) is 0.798. The van der Waals surface area contributed by atoms with Crippen LogP contribution in [0.1, 0.15) is 5.56 Å². The van der Waals surface area contributed by atoms with Gasteiger partial charge in [-0.2, -0.15) is 5.10 Å². The zero-order chi connectivity index (χ0) is 15.6. The van der Waals surface area contributed by atoms with Gasteiger partial charge in [-0.25, -0.2) is 4.68 Å². The van der Waals surface area contributed by atoms with Gasteiger partial charge in [-0.3, -0.25) is 4.79 Å². The van der Waals surface area contributed by atoms with Crippen LogP contribution in [0, 0.1) is 0 Å². The standard InChI is InChI=1S/C13H11BrCl2N2O3/c1-20-10-4-8(14)11(21-2)3-7(10)6-18-13(19)12(16)9(15)5-17-18/h3-5H,6H2,1-2H3. The minimum absolute atomic E-state index is 0.0605. The van der Waals surface area contributed by atoms with Crippen LogP contribution in [-0.4, -0.2) is 24.0 Å². The average Bonchev–Trinajstić information content (AvgIpc) is 2.48. The summed E-state index contributed by atoms with van der Waals surface area (Å²) in [6.45, 7) is 0.183. The summed E-state index contributed by atoms with van der Waals surface area (Å²) in [7, 11) is 3.10. The topological polar surface area (TPSA) is 53.4 Å². The fourth-order valence-electron chi connectivity index (χ4n) is 1.77. The van der Waals surface area contributed by atoms with Gasteiger partial charge < -0.3 is 9.47 Å². The van der Waals surface area contributed by atoms with Crippen LogP contribution in [0.15, 0.2) is 27.6 Å². The van der Waals surface area contributed by atoms with Crippen LogP contribution in [0.25, 0.3) is 0 Å². The lowest BCUT2D eigenvalue weighted by molar-refractivity contribution is 0.394. The number of benzene rings is 1. The third kappa shape index (κ3) is 3.33. The second kappa shape index (κ2) is 6.68. The Morgan fingerprint density at radius 3 is 2.52 bits per heavy atom. The van der Waals surface area contributed by atoms with Gasteiger partial charge in [-0.15, -0.1) is 0 Å². The van der Waals surface area contributed by atoms with Crippen molar-refractivity contribution < 1.29 is 9.47 Å². The Hall–Kier alpha value is -1.24. The van der Waals surface area contributed by atoms with Crippen LogP contribution < -0.4 is 15.0 Å². The molecule has 0 N–H and O–H groups in total. The van der Waals surface area contributed by atoms with Crippen molar-refractivity contribution in [3.05, 3.63) is 48.8 Å². The van der Waals surface area contributed by atoms with Crippen LogP contribution in [-0.2, 0) is 6.54 Å². The number of nitrogens with zero attached hydrogens (tertiary/aromatic N) is 2. The van der Waals surface area contributed by atoms with E-state index >= 15 is 0 Å². The molecule has 0 fully saturated rings. The van der Waals surface area contributed by atoms with Crippen LogP contribution in [0.2, 0.25) is 10.0 Å². The Balaban J connectivity index is 2.48. The minimum Gasteiger partial charge on any atom is -0.496 e. The Morgan fingerprint density at radius 1 is 1.24 bits per heavy atom. The third-order valence-corrected chi connectivity index (χ3v) is 4.19. The highest BCUT2D eigenvalue weighted by molar-refractivity contribution is 9.10. The summed E-state index contributed by atoms with van der Waals surface area (Å²) in [5, 5.41) is 4.03. The van der Waals surface area contributed by atoms with Gasteiger partial charge in [0.15, 0.2) is 0 Å². The molecule has 0 saturated carbocycles. The van der Waals surface area contributed by atoms with E-state index in [1.165, 1.54) is 10.9 Å². The number of hydrogen-bond acceptors (Lipinski definition) is 4. The Bertz CT molecular complexity index is 734. The van der Waals surface area contributed by atoms with Crippen molar-refractivity contribution in [2.75, 3.05) is 14.2 Å². The highest BCUT2D eigenvalue weighted by Crippen LogP contribution is 2.33. The molecule has 1 aromatic carbocycles. The van der Waals surface area contributed by atoms with Gasteiger partial charge >= 0.3 is 0 Å². The van der Waals surface area contributed by atoms with E-state index in [1.807, 2.05) is 0 Å². The normalized spacial score (nSPS) is 10.5. The van der Waals surface area contributed by atoms with Crippen LogP contribution >= 0.6 is 39.1 Å². The molecule has 5 nitrogen and oxygen atoms in total. The monoisotopic (exact) mass is 392 g/mol. The van der Waals surface area contributed by atoms with Crippen molar-refractivity contribution in [2.24, 2.45) is 0 Å². The van der Waals surface area contributed by atoms with Gasteiger partial charge in [0.1, 0.15) is 16.5 Å². The van der Waals surface area contributed by atoms with E-state index in [0.717, 1.165) is 10.0 Å². The maximum atomic E-state index is 12.0. The smallest absolute Gasteiger partial charge is 0.287 e. The predicted molar refractivity (Wildman–Crippen MR) is 84.9 cm³/mol. The van der Waals surface area contributed by atoms with E-state index in [9.17, 15) is 4.79 Å². The molecule has 112 valence electrons. The lowest BCUT2D eigenvalue weighted by Gasteiger charge is -2.13. The molecule has 1 heterocycles. The molecule has 1 aromatic heterocycles. The van der Waals surface area contributed by atoms with Gasteiger partial charge in [0.05, 0.1) is 36.5 Å². The second-order valence-electron chi connectivity index (χ2n) is 4.07. The van der Waals surface area contributed by atoms with Crippen molar-refractivity contribution in [2.45, 2.75) is 6.54 Å². The molecule has 0 unspecified atom stereocenters. The van der Waals surface area contributed by atoms with E-state index in [2.05, 4.69) is 21.0 Å². The van der Waals surface area contributed by atoms with Crippen molar-refractivity contribution in [1.29, 1.82) is 0 Å². The summed E-state index contributed by atoms with van der Waals surface area (Å²) in [4.78, 5) is 12.0. The summed E-state index contributed by atoms with van der Waals surface area (Å²) in [6.07, 6.45) is 1.33. The molecular formula is C13H11BrCl2N2O3. The molecule has 21 heavy (non-hydrogen) atoms. The zero-order valence-corrected chi connectivity index (χ0v) is 14.3. The third-order valence-electron chi connectivity index (χ3n) is 2.82. The zero-order valence-electron chi connectivity index (χ0n) is 11.2. The molecule has 0 amide bonds. The molecule has 0 aliphatic heterocycles. The summed E-state index contributed by atoms with van der Waals surface area (Å²) in [5.41, 5.74) is 0.263. The summed E-state index contributed by atoms with van der Waals surface area (Å²) in [5.74, 6) is 1.22. The number of rotatable bonds is 4. The SMILES string of the molecule is COc1cc(Cn2ncc(Cl)c(Cl)c2=O)c(OC)cc1Br. The molecule has 8 heteroatoms. The van der Waals surface area contributed by atoms with E-state index < -0.39 is 5.56 Å². The molecule has 0 aliphatic carbocycles. The highest BCUT2D eigenvalue weighted by Gasteiger charge is 2.13. The van der Waals surface area contributed by atoms with Crippen molar-refractivity contribution in [1.82, 2.24) is 9.78 Å². The molecule has 2 aromatic rings. The molecule has 0 atom stereocenters. The van der Waals surface area contributed by atoms with Gasteiger partial charge in [0.2, 0.25) is 0 Å². The lowest BCUT2D eigenvalue weighted by atomic mass is 10.2. The van der Waals surface area contributed by atoms with Gasteiger partial charge in [0.25, 0.3) is 5.56 Å². The van der Waals surface area contributed by atoms with Crippen LogP contribution in [0.3, 0.4) is 0 Å². The number of hydrogen-bond donors (Lipinski definition) is 0. The molecule has 0 saturated heterocycles. The Morgan fingerprint density at radius 2 is 1.90 bits per heavy atom. The fourth-order valence-corrected chi connectivity index (χ4v) is 2.52. The number of methoxy groups -OCH3 is 2.